The van der Waals surface area contributed by atoms with Crippen LogP contribution in [0.25, 0.3) is 11.0 Å². The van der Waals surface area contributed by atoms with Crippen molar-refractivity contribution in [3.05, 3.63) is 56.9 Å². The Labute approximate surface area is 131 Å². The number of carbonyl (C=O) groups is 1. The molecule has 0 aliphatic rings. The molecular weight excluding hydrogens is 306 g/mol. The first-order valence-electron chi connectivity index (χ1n) is 6.70. The molecule has 1 aromatic carbocycles. The van der Waals surface area contributed by atoms with Crippen molar-refractivity contribution in [1.82, 2.24) is 5.32 Å². The van der Waals surface area contributed by atoms with E-state index < -0.39 is 0 Å². The summed E-state index contributed by atoms with van der Waals surface area (Å²) in [7, 11) is 0. The fourth-order valence-corrected chi connectivity index (χ4v) is 3.17. The van der Waals surface area contributed by atoms with E-state index in [1.54, 1.807) is 35.6 Å². The zero-order chi connectivity index (χ0) is 14.8. The van der Waals surface area contributed by atoms with Gasteiger partial charge < -0.3 is 9.73 Å². The van der Waals surface area contributed by atoms with Gasteiger partial charge in [0.15, 0.2) is 5.76 Å². The quantitative estimate of drug-likeness (QED) is 0.761. The zero-order valence-electron chi connectivity index (χ0n) is 11.5. The molecule has 3 rings (SSSR count). The second-order valence-corrected chi connectivity index (χ2v) is 6.39. The minimum Gasteiger partial charge on any atom is -0.451 e. The molecular formula is C16H14ClNO2S. The van der Waals surface area contributed by atoms with Crippen molar-refractivity contribution >= 4 is 39.8 Å². The number of aryl methyl sites for hydroxylation is 1. The van der Waals surface area contributed by atoms with Crippen LogP contribution in [0.2, 0.25) is 5.02 Å². The fraction of sp³-hybridized carbons (Fsp3) is 0.188. The Morgan fingerprint density at radius 1 is 1.24 bits per heavy atom. The maximum atomic E-state index is 12.1. The second kappa shape index (κ2) is 5.92. The van der Waals surface area contributed by atoms with Gasteiger partial charge in [0.25, 0.3) is 5.91 Å². The summed E-state index contributed by atoms with van der Waals surface area (Å²) in [6.45, 7) is 2.63. The number of halogens is 1. The Morgan fingerprint density at radius 2 is 2.05 bits per heavy atom. The summed E-state index contributed by atoms with van der Waals surface area (Å²) in [5.41, 5.74) is 0.661. The van der Waals surface area contributed by atoms with Crippen molar-refractivity contribution in [2.75, 3.05) is 0 Å². The average Bonchev–Trinajstić information content (AvgIpc) is 3.10. The van der Waals surface area contributed by atoms with E-state index in [-0.39, 0.29) is 5.91 Å². The Bertz CT molecular complexity index is 791. The number of hydrogen-bond donors (Lipinski definition) is 1. The molecule has 0 saturated carbocycles. The lowest BCUT2D eigenvalue weighted by molar-refractivity contribution is 0.0926. The first-order chi connectivity index (χ1) is 10.2. The Kier molecular flexibility index (Phi) is 3.99. The minimum atomic E-state index is -0.214. The van der Waals surface area contributed by atoms with Crippen LogP contribution in [0, 0.1) is 0 Å². The molecule has 108 valence electrons. The molecule has 2 aromatic heterocycles. The summed E-state index contributed by atoms with van der Waals surface area (Å²) in [5, 5.41) is 4.33. The number of benzene rings is 1. The lowest BCUT2D eigenvalue weighted by Crippen LogP contribution is -2.21. The lowest BCUT2D eigenvalue weighted by atomic mass is 10.2. The van der Waals surface area contributed by atoms with Gasteiger partial charge in [-0.1, -0.05) is 18.5 Å². The smallest absolute Gasteiger partial charge is 0.287 e. The minimum absolute atomic E-state index is 0.214. The number of hydrogen-bond acceptors (Lipinski definition) is 3. The molecule has 3 nitrogen and oxygen atoms in total. The van der Waals surface area contributed by atoms with E-state index in [9.17, 15) is 4.79 Å². The molecule has 0 aliphatic heterocycles. The third-order valence-electron chi connectivity index (χ3n) is 3.19. The topological polar surface area (TPSA) is 42.2 Å². The molecule has 3 aromatic rings. The first kappa shape index (κ1) is 14.2. The van der Waals surface area contributed by atoms with Gasteiger partial charge in [-0.15, -0.1) is 11.3 Å². The zero-order valence-corrected chi connectivity index (χ0v) is 13.1. The Hall–Kier alpha value is -1.78. The molecule has 5 heteroatoms. The highest BCUT2D eigenvalue weighted by atomic mass is 35.5. The van der Waals surface area contributed by atoms with E-state index in [1.165, 1.54) is 4.88 Å². The van der Waals surface area contributed by atoms with Gasteiger partial charge in [-0.2, -0.15) is 0 Å². The van der Waals surface area contributed by atoms with Crippen LogP contribution in [-0.2, 0) is 13.0 Å². The van der Waals surface area contributed by atoms with Gasteiger partial charge in [0.05, 0.1) is 6.54 Å². The number of fused-ring (bicyclic) bond motifs is 1. The van der Waals surface area contributed by atoms with Crippen molar-refractivity contribution in [2.24, 2.45) is 0 Å². The van der Waals surface area contributed by atoms with Gasteiger partial charge in [-0.25, -0.2) is 0 Å². The molecule has 0 bridgehead atoms. The van der Waals surface area contributed by atoms with E-state index in [0.717, 1.165) is 16.7 Å². The van der Waals surface area contributed by atoms with E-state index in [2.05, 4.69) is 18.3 Å². The number of nitrogens with one attached hydrogen (secondary N) is 1. The SMILES string of the molecule is CCc1ccc(CNC(=O)c2cc3cc(Cl)ccc3o2)s1. The monoisotopic (exact) mass is 319 g/mol. The fourth-order valence-electron chi connectivity index (χ4n) is 2.09. The molecule has 0 spiro atoms. The second-order valence-electron chi connectivity index (χ2n) is 4.70. The van der Waals surface area contributed by atoms with Crippen LogP contribution in [0.5, 0.6) is 0 Å². The summed E-state index contributed by atoms with van der Waals surface area (Å²) >= 11 is 7.64. The molecule has 0 fully saturated rings. The number of amides is 1. The molecule has 1 amide bonds. The van der Waals surface area contributed by atoms with Crippen LogP contribution in [0.3, 0.4) is 0 Å². The van der Waals surface area contributed by atoms with Crippen LogP contribution in [0.1, 0.15) is 27.2 Å². The van der Waals surface area contributed by atoms with Crippen molar-refractivity contribution < 1.29 is 9.21 Å². The average molecular weight is 320 g/mol. The Balaban J connectivity index is 1.71. The van der Waals surface area contributed by atoms with Crippen molar-refractivity contribution in [2.45, 2.75) is 19.9 Å². The largest absolute Gasteiger partial charge is 0.451 e. The lowest BCUT2D eigenvalue weighted by Gasteiger charge is -2.00. The molecule has 0 radical (unpaired) electrons. The van der Waals surface area contributed by atoms with Crippen molar-refractivity contribution in [3.63, 3.8) is 0 Å². The number of thiophene rings is 1. The van der Waals surface area contributed by atoms with Crippen LogP contribution in [0.15, 0.2) is 40.8 Å². The highest BCUT2D eigenvalue weighted by Gasteiger charge is 2.12. The summed E-state index contributed by atoms with van der Waals surface area (Å²) in [4.78, 5) is 14.6. The molecule has 0 atom stereocenters. The van der Waals surface area contributed by atoms with E-state index in [4.69, 9.17) is 16.0 Å². The van der Waals surface area contributed by atoms with Gasteiger partial charge >= 0.3 is 0 Å². The molecule has 2 heterocycles. The van der Waals surface area contributed by atoms with Crippen LogP contribution in [-0.4, -0.2) is 5.91 Å². The van der Waals surface area contributed by atoms with E-state index in [1.807, 2.05) is 6.07 Å². The van der Waals surface area contributed by atoms with Gasteiger partial charge in [-0.05, 0) is 42.8 Å². The van der Waals surface area contributed by atoms with Crippen LogP contribution >= 0.6 is 22.9 Å². The third kappa shape index (κ3) is 3.12. The maximum Gasteiger partial charge on any atom is 0.287 e. The number of rotatable bonds is 4. The molecule has 0 saturated heterocycles. The van der Waals surface area contributed by atoms with E-state index in [0.29, 0.717) is 22.9 Å². The molecule has 21 heavy (non-hydrogen) atoms. The molecule has 0 unspecified atom stereocenters. The van der Waals surface area contributed by atoms with Crippen LogP contribution < -0.4 is 5.32 Å². The van der Waals surface area contributed by atoms with Gasteiger partial charge in [-0.3, -0.25) is 4.79 Å². The van der Waals surface area contributed by atoms with Crippen LogP contribution in [0.4, 0.5) is 0 Å². The Morgan fingerprint density at radius 3 is 2.81 bits per heavy atom. The van der Waals surface area contributed by atoms with Crippen molar-refractivity contribution in [3.8, 4) is 0 Å². The number of carbonyl (C=O) groups excluding carboxylic acids is 1. The predicted molar refractivity (Wildman–Crippen MR) is 86.1 cm³/mol. The maximum absolute atomic E-state index is 12.1. The third-order valence-corrected chi connectivity index (χ3v) is 4.66. The van der Waals surface area contributed by atoms with Gasteiger partial charge in [0.1, 0.15) is 5.58 Å². The highest BCUT2D eigenvalue weighted by Crippen LogP contribution is 2.23. The summed E-state index contributed by atoms with van der Waals surface area (Å²) in [6.07, 6.45) is 1.02. The van der Waals surface area contributed by atoms with Gasteiger partial charge in [0, 0.05) is 20.2 Å². The highest BCUT2D eigenvalue weighted by molar-refractivity contribution is 7.11. The number of furan rings is 1. The molecule has 0 aliphatic carbocycles. The predicted octanol–water partition coefficient (Wildman–Crippen LogP) is 4.64. The standard InChI is InChI=1S/C16H14ClNO2S/c1-2-12-4-5-13(21-12)9-18-16(19)15-8-10-7-11(17)3-6-14(10)20-15/h3-8H,2,9H2,1H3,(H,18,19). The molecule has 1 N–H and O–H groups in total. The van der Waals surface area contributed by atoms with Crippen molar-refractivity contribution in [1.29, 1.82) is 0 Å². The summed E-state index contributed by atoms with van der Waals surface area (Å²) in [6, 6.07) is 11.1. The first-order valence-corrected chi connectivity index (χ1v) is 7.90. The summed E-state index contributed by atoms with van der Waals surface area (Å²) < 4.78 is 5.53. The summed E-state index contributed by atoms with van der Waals surface area (Å²) in [5.74, 6) is 0.0910. The normalized spacial score (nSPS) is 11.0. The van der Waals surface area contributed by atoms with Gasteiger partial charge in [0.2, 0.25) is 0 Å². The van der Waals surface area contributed by atoms with E-state index >= 15 is 0 Å².